The van der Waals surface area contributed by atoms with E-state index in [9.17, 15) is 4.79 Å². The van der Waals surface area contributed by atoms with Gasteiger partial charge < -0.3 is 21.1 Å². The number of aryl methyl sites for hydroxylation is 1. The van der Waals surface area contributed by atoms with E-state index in [1.807, 2.05) is 52.0 Å². The lowest BCUT2D eigenvalue weighted by Gasteiger charge is -2.19. The van der Waals surface area contributed by atoms with Crippen LogP contribution in [0.2, 0.25) is 0 Å². The van der Waals surface area contributed by atoms with Crippen LogP contribution in [-0.4, -0.2) is 30.7 Å². The molecule has 0 fully saturated rings. The molecule has 0 bridgehead atoms. The van der Waals surface area contributed by atoms with Gasteiger partial charge in [-0.15, -0.1) is 0 Å². The van der Waals surface area contributed by atoms with Crippen LogP contribution in [0.25, 0.3) is 0 Å². The lowest BCUT2D eigenvalue weighted by molar-refractivity contribution is 0.0529. The molecule has 0 aliphatic carbocycles. The van der Waals surface area contributed by atoms with Crippen LogP contribution in [0, 0.1) is 6.92 Å². The van der Waals surface area contributed by atoms with E-state index in [2.05, 4.69) is 15.6 Å². The molecule has 6 nitrogen and oxygen atoms in total. The first kappa shape index (κ1) is 16.8. The number of hydrogen-bond donors (Lipinski definition) is 3. The van der Waals surface area contributed by atoms with Gasteiger partial charge in [0, 0.05) is 12.2 Å². The summed E-state index contributed by atoms with van der Waals surface area (Å²) < 4.78 is 5.11. The predicted molar refractivity (Wildman–Crippen MR) is 85.5 cm³/mol. The molecule has 6 heteroatoms. The van der Waals surface area contributed by atoms with Crippen molar-refractivity contribution in [3.05, 3.63) is 29.8 Å². The van der Waals surface area contributed by atoms with Gasteiger partial charge in [-0.1, -0.05) is 17.7 Å². The number of carbonyl (C=O) groups is 1. The molecule has 116 valence electrons. The number of ether oxygens (including phenoxy) is 1. The zero-order chi connectivity index (χ0) is 15.9. The van der Waals surface area contributed by atoms with Crippen molar-refractivity contribution in [1.82, 2.24) is 5.32 Å². The van der Waals surface area contributed by atoms with E-state index in [1.54, 1.807) is 0 Å². The Morgan fingerprint density at radius 3 is 2.48 bits per heavy atom. The summed E-state index contributed by atoms with van der Waals surface area (Å²) in [6.07, 6.45) is -0.456. The van der Waals surface area contributed by atoms with Gasteiger partial charge in [0.1, 0.15) is 5.60 Å². The third kappa shape index (κ3) is 7.81. The third-order valence-corrected chi connectivity index (χ3v) is 2.39. The fraction of sp³-hybridized carbons (Fsp3) is 0.467. The van der Waals surface area contributed by atoms with Crippen LogP contribution in [0.15, 0.2) is 29.3 Å². The summed E-state index contributed by atoms with van der Waals surface area (Å²) in [5.41, 5.74) is 7.31. The molecule has 4 N–H and O–H groups in total. The van der Waals surface area contributed by atoms with E-state index >= 15 is 0 Å². The van der Waals surface area contributed by atoms with Gasteiger partial charge in [-0.05, 0) is 39.8 Å². The molecule has 0 heterocycles. The number of carbonyl (C=O) groups excluding carboxylic acids is 1. The molecule has 0 atom stereocenters. The molecule has 1 amide bonds. The maximum Gasteiger partial charge on any atom is 0.407 e. The Hall–Kier alpha value is -2.24. The third-order valence-electron chi connectivity index (χ3n) is 2.39. The standard InChI is InChI=1S/C15H24N4O2/c1-11-5-7-12(8-6-11)19-13(16)17-9-10-18-14(20)21-15(2,3)4/h5-8H,9-10H2,1-4H3,(H,18,20)(H3,16,17,19). The molecule has 0 unspecified atom stereocenters. The van der Waals surface area contributed by atoms with E-state index in [-0.39, 0.29) is 0 Å². The highest BCUT2D eigenvalue weighted by atomic mass is 16.6. The van der Waals surface area contributed by atoms with Crippen LogP contribution in [0.4, 0.5) is 10.5 Å². The second-order valence-electron chi connectivity index (χ2n) is 5.69. The molecule has 0 saturated heterocycles. The number of benzene rings is 1. The summed E-state index contributed by atoms with van der Waals surface area (Å²) >= 11 is 0. The molecule has 0 aliphatic heterocycles. The monoisotopic (exact) mass is 292 g/mol. The zero-order valence-electron chi connectivity index (χ0n) is 13.1. The maximum absolute atomic E-state index is 11.4. The van der Waals surface area contributed by atoms with Crippen LogP contribution >= 0.6 is 0 Å². The Kier molecular flexibility index (Phi) is 6.02. The van der Waals surface area contributed by atoms with E-state index in [0.29, 0.717) is 19.0 Å². The number of nitrogens with two attached hydrogens (primary N) is 1. The van der Waals surface area contributed by atoms with Gasteiger partial charge >= 0.3 is 6.09 Å². The van der Waals surface area contributed by atoms with Crippen molar-refractivity contribution in [1.29, 1.82) is 0 Å². The number of hydrogen-bond acceptors (Lipinski definition) is 3. The fourth-order valence-corrected chi connectivity index (χ4v) is 1.47. The molecule has 1 aromatic rings. The first-order valence-corrected chi connectivity index (χ1v) is 6.87. The van der Waals surface area contributed by atoms with Crippen molar-refractivity contribution in [2.75, 3.05) is 18.4 Å². The number of nitrogens with zero attached hydrogens (tertiary/aromatic N) is 1. The van der Waals surface area contributed by atoms with Crippen LogP contribution < -0.4 is 16.4 Å². The molecule has 0 radical (unpaired) electrons. The van der Waals surface area contributed by atoms with Gasteiger partial charge in [0.05, 0.1) is 6.54 Å². The molecule has 0 aliphatic rings. The average molecular weight is 292 g/mol. The number of amides is 1. The minimum atomic E-state index is -0.501. The van der Waals surface area contributed by atoms with Crippen LogP contribution in [0.1, 0.15) is 26.3 Å². The topological polar surface area (TPSA) is 88.7 Å². The summed E-state index contributed by atoms with van der Waals surface area (Å²) in [7, 11) is 0. The number of guanidine groups is 1. The maximum atomic E-state index is 11.4. The molecular formula is C15H24N4O2. The Labute approximate surface area is 125 Å². The van der Waals surface area contributed by atoms with E-state index in [1.165, 1.54) is 5.56 Å². The number of aliphatic imine (C=N–C) groups is 1. The highest BCUT2D eigenvalue weighted by molar-refractivity contribution is 5.92. The Balaban J connectivity index is 2.30. The van der Waals surface area contributed by atoms with Crippen molar-refractivity contribution in [3.63, 3.8) is 0 Å². The van der Waals surface area contributed by atoms with Crippen molar-refractivity contribution >= 4 is 17.7 Å². The largest absolute Gasteiger partial charge is 0.444 e. The number of anilines is 1. The van der Waals surface area contributed by atoms with Gasteiger partial charge in [-0.3, -0.25) is 4.99 Å². The summed E-state index contributed by atoms with van der Waals surface area (Å²) in [5.74, 6) is 0.310. The predicted octanol–water partition coefficient (Wildman–Crippen LogP) is 2.25. The second kappa shape index (κ2) is 7.52. The summed E-state index contributed by atoms with van der Waals surface area (Å²) in [6, 6.07) is 7.83. The average Bonchev–Trinajstić information content (AvgIpc) is 2.35. The number of alkyl carbamates (subject to hydrolysis) is 1. The van der Waals surface area contributed by atoms with Gasteiger partial charge in [-0.25, -0.2) is 4.79 Å². The Morgan fingerprint density at radius 1 is 1.29 bits per heavy atom. The van der Waals surface area contributed by atoms with E-state index < -0.39 is 11.7 Å². The normalized spacial score (nSPS) is 11.9. The lowest BCUT2D eigenvalue weighted by Crippen LogP contribution is -2.34. The fourth-order valence-electron chi connectivity index (χ4n) is 1.47. The summed E-state index contributed by atoms with van der Waals surface area (Å²) in [5, 5.41) is 5.59. The Bertz CT molecular complexity index is 489. The molecule has 0 spiro atoms. The minimum Gasteiger partial charge on any atom is -0.444 e. The molecule has 0 saturated carbocycles. The lowest BCUT2D eigenvalue weighted by atomic mass is 10.2. The summed E-state index contributed by atoms with van der Waals surface area (Å²) in [6.45, 7) is 8.20. The van der Waals surface area contributed by atoms with Crippen molar-refractivity contribution in [2.45, 2.75) is 33.3 Å². The minimum absolute atomic E-state index is 0.310. The van der Waals surface area contributed by atoms with Crippen LogP contribution in [0.5, 0.6) is 0 Å². The van der Waals surface area contributed by atoms with E-state index in [4.69, 9.17) is 10.5 Å². The molecule has 0 aromatic heterocycles. The van der Waals surface area contributed by atoms with Crippen molar-refractivity contribution in [3.8, 4) is 0 Å². The SMILES string of the molecule is Cc1ccc(NC(N)=NCCNC(=O)OC(C)(C)C)cc1. The van der Waals surface area contributed by atoms with Crippen molar-refractivity contribution in [2.24, 2.45) is 10.7 Å². The molecule has 1 rings (SSSR count). The molecule has 1 aromatic carbocycles. The first-order valence-electron chi connectivity index (χ1n) is 6.87. The highest BCUT2D eigenvalue weighted by Gasteiger charge is 2.15. The van der Waals surface area contributed by atoms with Crippen LogP contribution in [-0.2, 0) is 4.74 Å². The smallest absolute Gasteiger partial charge is 0.407 e. The van der Waals surface area contributed by atoms with E-state index in [0.717, 1.165) is 5.69 Å². The Morgan fingerprint density at radius 2 is 1.90 bits per heavy atom. The first-order chi connectivity index (χ1) is 9.76. The number of nitrogens with one attached hydrogen (secondary N) is 2. The van der Waals surface area contributed by atoms with Gasteiger partial charge in [0.25, 0.3) is 0 Å². The van der Waals surface area contributed by atoms with Gasteiger partial charge in [0.15, 0.2) is 5.96 Å². The molecular weight excluding hydrogens is 268 g/mol. The summed E-state index contributed by atoms with van der Waals surface area (Å²) in [4.78, 5) is 15.5. The highest BCUT2D eigenvalue weighted by Crippen LogP contribution is 2.08. The van der Waals surface area contributed by atoms with Gasteiger partial charge in [-0.2, -0.15) is 0 Å². The second-order valence-corrected chi connectivity index (χ2v) is 5.69. The zero-order valence-corrected chi connectivity index (χ0v) is 13.1. The van der Waals surface area contributed by atoms with Crippen molar-refractivity contribution < 1.29 is 9.53 Å². The number of rotatable bonds is 4. The van der Waals surface area contributed by atoms with Crippen LogP contribution in [0.3, 0.4) is 0 Å². The molecule has 21 heavy (non-hydrogen) atoms. The van der Waals surface area contributed by atoms with Gasteiger partial charge in [0.2, 0.25) is 0 Å². The quantitative estimate of drug-likeness (QED) is 0.451.